The fraction of sp³-hybridized carbons (Fsp3) is 0.286. The Morgan fingerprint density at radius 1 is 1.14 bits per heavy atom. The molecule has 0 radical (unpaired) electrons. The number of methoxy groups -OCH3 is 1. The van der Waals surface area contributed by atoms with Crippen molar-refractivity contribution in [2.24, 2.45) is 0 Å². The summed E-state index contributed by atoms with van der Waals surface area (Å²) < 4.78 is 7.25. The van der Waals surface area contributed by atoms with E-state index in [0.717, 1.165) is 40.1 Å². The number of thioether (sulfide) groups is 1. The lowest BCUT2D eigenvalue weighted by Crippen LogP contribution is -2.15. The molecule has 7 heteroatoms. The lowest BCUT2D eigenvalue weighted by atomic mass is 10.1. The van der Waals surface area contributed by atoms with Crippen molar-refractivity contribution in [2.45, 2.75) is 32.0 Å². The average Bonchev–Trinajstić information content (AvgIpc) is 3.10. The summed E-state index contributed by atoms with van der Waals surface area (Å²) in [6.07, 6.45) is 0.681. The summed E-state index contributed by atoms with van der Waals surface area (Å²) in [7, 11) is 1.65. The van der Waals surface area contributed by atoms with Crippen molar-refractivity contribution in [1.29, 1.82) is 0 Å². The van der Waals surface area contributed by atoms with Gasteiger partial charge in [0.15, 0.2) is 5.16 Å². The lowest BCUT2D eigenvalue weighted by Gasteiger charge is -2.09. The molecule has 1 N–H and O–H groups in total. The highest BCUT2D eigenvalue weighted by atomic mass is 32.2. The monoisotopic (exact) mass is 396 g/mol. The van der Waals surface area contributed by atoms with Crippen molar-refractivity contribution in [3.05, 3.63) is 65.5 Å². The van der Waals surface area contributed by atoms with E-state index in [1.54, 1.807) is 7.11 Å². The van der Waals surface area contributed by atoms with Crippen LogP contribution in [-0.4, -0.2) is 33.5 Å². The van der Waals surface area contributed by atoms with Gasteiger partial charge in [0, 0.05) is 18.7 Å². The van der Waals surface area contributed by atoms with Crippen molar-refractivity contribution < 1.29 is 9.53 Å². The molecule has 0 atom stereocenters. The van der Waals surface area contributed by atoms with Gasteiger partial charge in [-0.25, -0.2) is 0 Å². The van der Waals surface area contributed by atoms with Gasteiger partial charge in [-0.1, -0.05) is 42.1 Å². The average molecular weight is 397 g/mol. The lowest BCUT2D eigenvalue weighted by molar-refractivity contribution is -0.113. The minimum atomic E-state index is -0.0540. The number of carbonyl (C=O) groups is 1. The first-order chi connectivity index (χ1) is 13.6. The Kier molecular flexibility index (Phi) is 6.71. The number of aromatic nitrogens is 3. The number of para-hydroxylation sites is 1. The first kappa shape index (κ1) is 19.9. The highest BCUT2D eigenvalue weighted by Gasteiger charge is 2.14. The number of nitrogens with one attached hydrogen (secondary N) is 1. The quantitative estimate of drug-likeness (QED) is 0.584. The maximum absolute atomic E-state index is 12.3. The molecule has 3 rings (SSSR count). The first-order valence-electron chi connectivity index (χ1n) is 9.14. The van der Waals surface area contributed by atoms with Gasteiger partial charge in [0.1, 0.15) is 11.6 Å². The van der Waals surface area contributed by atoms with Gasteiger partial charge < -0.3 is 14.6 Å². The van der Waals surface area contributed by atoms with Crippen molar-refractivity contribution in [3.63, 3.8) is 0 Å². The molecule has 1 amide bonds. The molecule has 1 aromatic heterocycles. The third kappa shape index (κ3) is 4.92. The number of hydrogen-bond acceptors (Lipinski definition) is 5. The molecule has 0 aliphatic heterocycles. The van der Waals surface area contributed by atoms with E-state index in [4.69, 9.17) is 4.74 Å². The fourth-order valence-electron chi connectivity index (χ4n) is 2.83. The molecule has 0 saturated heterocycles. The summed E-state index contributed by atoms with van der Waals surface area (Å²) in [5.41, 5.74) is 3.02. The van der Waals surface area contributed by atoms with Crippen LogP contribution in [0.5, 0.6) is 5.75 Å². The molecule has 0 bridgehead atoms. The molecule has 28 heavy (non-hydrogen) atoms. The topological polar surface area (TPSA) is 69.0 Å². The normalized spacial score (nSPS) is 10.7. The molecule has 0 unspecified atom stereocenters. The van der Waals surface area contributed by atoms with Gasteiger partial charge in [0.2, 0.25) is 5.91 Å². The van der Waals surface area contributed by atoms with E-state index in [1.165, 1.54) is 11.8 Å². The predicted molar refractivity (Wildman–Crippen MR) is 112 cm³/mol. The van der Waals surface area contributed by atoms with Crippen LogP contribution in [0, 0.1) is 6.92 Å². The maximum Gasteiger partial charge on any atom is 0.234 e. The molecule has 1 heterocycles. The van der Waals surface area contributed by atoms with Crippen LogP contribution >= 0.6 is 11.8 Å². The van der Waals surface area contributed by atoms with Crippen molar-refractivity contribution in [1.82, 2.24) is 14.8 Å². The summed E-state index contributed by atoms with van der Waals surface area (Å²) in [4.78, 5) is 12.3. The van der Waals surface area contributed by atoms with Crippen LogP contribution in [0.3, 0.4) is 0 Å². The molecule has 0 aliphatic rings. The minimum absolute atomic E-state index is 0.0540. The molecular formula is C21H24N4O2S. The zero-order chi connectivity index (χ0) is 19.9. The number of amides is 1. The maximum atomic E-state index is 12.3. The summed E-state index contributed by atoms with van der Waals surface area (Å²) in [6, 6.07) is 15.7. The largest absolute Gasteiger partial charge is 0.497 e. The SMILES string of the molecule is CCn1c(Cc2ccc(OC)cc2)nnc1SCC(=O)Nc1ccccc1C. The van der Waals surface area contributed by atoms with E-state index in [0.29, 0.717) is 6.42 Å². The third-order valence-corrected chi connectivity index (χ3v) is 5.35. The molecular weight excluding hydrogens is 372 g/mol. The Bertz CT molecular complexity index is 938. The van der Waals surface area contributed by atoms with Gasteiger partial charge in [0.05, 0.1) is 12.9 Å². The predicted octanol–water partition coefficient (Wildman–Crippen LogP) is 3.94. The van der Waals surface area contributed by atoms with Crippen LogP contribution < -0.4 is 10.1 Å². The molecule has 146 valence electrons. The second kappa shape index (κ2) is 9.41. The van der Waals surface area contributed by atoms with E-state index in [9.17, 15) is 4.79 Å². The Balaban J connectivity index is 1.63. The van der Waals surface area contributed by atoms with Crippen LogP contribution in [0.4, 0.5) is 5.69 Å². The van der Waals surface area contributed by atoms with Crippen LogP contribution in [-0.2, 0) is 17.8 Å². The number of rotatable bonds is 8. The standard InChI is InChI=1S/C21H24N4O2S/c1-4-25-19(13-16-9-11-17(27-3)12-10-16)23-24-21(25)28-14-20(26)22-18-8-6-5-7-15(18)2/h5-12H,4,13-14H2,1-3H3,(H,22,26). The Morgan fingerprint density at radius 3 is 2.57 bits per heavy atom. The van der Waals surface area contributed by atoms with Gasteiger partial charge in [-0.2, -0.15) is 0 Å². The fourth-order valence-corrected chi connectivity index (χ4v) is 3.65. The number of carbonyl (C=O) groups excluding carboxylic acids is 1. The minimum Gasteiger partial charge on any atom is -0.497 e. The van der Waals surface area contributed by atoms with Crippen molar-refractivity contribution in [2.75, 3.05) is 18.2 Å². The van der Waals surface area contributed by atoms with Gasteiger partial charge in [-0.15, -0.1) is 10.2 Å². The Hall–Kier alpha value is -2.80. The van der Waals surface area contributed by atoms with Gasteiger partial charge in [0.25, 0.3) is 0 Å². The first-order valence-corrected chi connectivity index (χ1v) is 10.1. The number of benzene rings is 2. The van der Waals surface area contributed by atoms with E-state index in [1.807, 2.05) is 55.5 Å². The highest BCUT2D eigenvalue weighted by molar-refractivity contribution is 7.99. The second-order valence-corrected chi connectivity index (χ2v) is 7.26. The number of hydrogen-bond donors (Lipinski definition) is 1. The van der Waals surface area contributed by atoms with Crippen molar-refractivity contribution >= 4 is 23.4 Å². The van der Waals surface area contributed by atoms with E-state index in [2.05, 4.69) is 27.0 Å². The highest BCUT2D eigenvalue weighted by Crippen LogP contribution is 2.21. The third-order valence-electron chi connectivity index (χ3n) is 4.38. The van der Waals surface area contributed by atoms with E-state index < -0.39 is 0 Å². The van der Waals surface area contributed by atoms with Gasteiger partial charge >= 0.3 is 0 Å². The summed E-state index contributed by atoms with van der Waals surface area (Å²) in [6.45, 7) is 4.78. The number of ether oxygens (including phenoxy) is 1. The van der Waals surface area contributed by atoms with Gasteiger partial charge in [-0.05, 0) is 43.2 Å². The molecule has 0 aliphatic carbocycles. The smallest absolute Gasteiger partial charge is 0.234 e. The summed E-state index contributed by atoms with van der Waals surface area (Å²) >= 11 is 1.40. The van der Waals surface area contributed by atoms with Crippen LogP contribution in [0.25, 0.3) is 0 Å². The molecule has 3 aromatic rings. The zero-order valence-electron chi connectivity index (χ0n) is 16.3. The molecule has 6 nitrogen and oxygen atoms in total. The summed E-state index contributed by atoms with van der Waals surface area (Å²) in [5.74, 6) is 1.95. The molecule has 2 aromatic carbocycles. The van der Waals surface area contributed by atoms with Gasteiger partial charge in [-0.3, -0.25) is 4.79 Å². The molecule has 0 spiro atoms. The van der Waals surface area contributed by atoms with Crippen LogP contribution in [0.15, 0.2) is 53.7 Å². The van der Waals surface area contributed by atoms with Crippen LogP contribution in [0.1, 0.15) is 23.9 Å². The van der Waals surface area contributed by atoms with Crippen LogP contribution in [0.2, 0.25) is 0 Å². The number of nitrogens with zero attached hydrogens (tertiary/aromatic N) is 3. The molecule has 0 fully saturated rings. The second-order valence-electron chi connectivity index (χ2n) is 6.32. The van der Waals surface area contributed by atoms with E-state index >= 15 is 0 Å². The summed E-state index contributed by atoms with van der Waals surface area (Å²) in [5, 5.41) is 12.3. The van der Waals surface area contributed by atoms with E-state index in [-0.39, 0.29) is 11.7 Å². The Labute approximate surface area is 169 Å². The Morgan fingerprint density at radius 2 is 1.89 bits per heavy atom. The molecule has 0 saturated carbocycles. The number of aryl methyl sites for hydroxylation is 1. The number of anilines is 1. The van der Waals surface area contributed by atoms with Crippen molar-refractivity contribution in [3.8, 4) is 5.75 Å². The zero-order valence-corrected chi connectivity index (χ0v) is 17.1.